The first kappa shape index (κ1) is 18.9. The van der Waals surface area contributed by atoms with Gasteiger partial charge in [-0.2, -0.15) is 4.31 Å². The van der Waals surface area contributed by atoms with E-state index in [2.05, 4.69) is 4.72 Å². The van der Waals surface area contributed by atoms with Gasteiger partial charge in [-0.25, -0.2) is 16.8 Å². The second-order valence-electron chi connectivity index (χ2n) is 6.49. The van der Waals surface area contributed by atoms with Crippen molar-refractivity contribution in [2.75, 3.05) is 17.8 Å². The average molecular weight is 395 g/mol. The molecule has 3 rings (SSSR count). The van der Waals surface area contributed by atoms with Crippen molar-refractivity contribution in [1.29, 1.82) is 0 Å². The van der Waals surface area contributed by atoms with Crippen molar-refractivity contribution in [2.45, 2.75) is 30.4 Å². The van der Waals surface area contributed by atoms with Crippen LogP contribution in [0.4, 0.5) is 5.69 Å². The van der Waals surface area contributed by atoms with E-state index in [0.717, 1.165) is 18.4 Å². The maximum Gasteiger partial charge on any atom is 0.243 e. The van der Waals surface area contributed by atoms with Gasteiger partial charge in [0, 0.05) is 18.8 Å². The third-order valence-corrected chi connectivity index (χ3v) is 7.40. The Morgan fingerprint density at radius 2 is 1.65 bits per heavy atom. The number of hydrogen-bond donors (Lipinski definition) is 1. The van der Waals surface area contributed by atoms with E-state index in [-0.39, 0.29) is 16.3 Å². The molecule has 0 saturated carbocycles. The molecule has 1 heterocycles. The lowest BCUT2D eigenvalue weighted by Gasteiger charge is -2.16. The first-order chi connectivity index (χ1) is 12.3. The molecule has 1 saturated heterocycles. The van der Waals surface area contributed by atoms with Crippen LogP contribution in [0.1, 0.15) is 24.0 Å². The summed E-state index contributed by atoms with van der Waals surface area (Å²) in [7, 11) is -7.23. The van der Waals surface area contributed by atoms with Crippen LogP contribution in [0.3, 0.4) is 0 Å². The van der Waals surface area contributed by atoms with Crippen molar-refractivity contribution in [3.63, 3.8) is 0 Å². The number of benzene rings is 2. The quantitative estimate of drug-likeness (QED) is 0.817. The highest BCUT2D eigenvalue weighted by atomic mass is 32.2. The molecule has 1 N–H and O–H groups in total. The molecule has 1 aliphatic rings. The summed E-state index contributed by atoms with van der Waals surface area (Å²) in [5, 5.41) is 0. The maximum absolute atomic E-state index is 12.6. The summed E-state index contributed by atoms with van der Waals surface area (Å²) in [6.07, 6.45) is 1.70. The van der Waals surface area contributed by atoms with Crippen LogP contribution in [0.25, 0.3) is 0 Å². The van der Waals surface area contributed by atoms with Crippen molar-refractivity contribution in [1.82, 2.24) is 4.31 Å². The highest BCUT2D eigenvalue weighted by molar-refractivity contribution is 7.92. The molecular weight excluding hydrogens is 372 g/mol. The lowest BCUT2D eigenvalue weighted by molar-refractivity contribution is 0.477. The number of nitrogens with one attached hydrogen (secondary N) is 1. The third kappa shape index (κ3) is 4.44. The third-order valence-electron chi connectivity index (χ3n) is 4.25. The van der Waals surface area contributed by atoms with Gasteiger partial charge in [0.05, 0.1) is 10.6 Å². The van der Waals surface area contributed by atoms with Crippen LogP contribution in [0.2, 0.25) is 0 Å². The summed E-state index contributed by atoms with van der Waals surface area (Å²) in [6.45, 7) is 2.91. The first-order valence-corrected chi connectivity index (χ1v) is 11.5. The summed E-state index contributed by atoms with van der Waals surface area (Å²) in [5.41, 5.74) is 1.91. The lowest BCUT2D eigenvalue weighted by Crippen LogP contribution is -2.28. The van der Waals surface area contributed by atoms with Crippen molar-refractivity contribution < 1.29 is 16.8 Å². The van der Waals surface area contributed by atoms with E-state index >= 15 is 0 Å². The summed E-state index contributed by atoms with van der Waals surface area (Å²) in [6, 6.07) is 13.2. The minimum atomic E-state index is -3.64. The summed E-state index contributed by atoms with van der Waals surface area (Å²) in [5.74, 6) is -0.169. The van der Waals surface area contributed by atoms with Gasteiger partial charge in [-0.15, -0.1) is 0 Å². The molecule has 0 unspecified atom stereocenters. The van der Waals surface area contributed by atoms with E-state index in [1.807, 2.05) is 25.1 Å². The highest BCUT2D eigenvalue weighted by Crippen LogP contribution is 2.24. The Hall–Kier alpha value is -1.90. The van der Waals surface area contributed by atoms with Gasteiger partial charge in [0.15, 0.2) is 0 Å². The van der Waals surface area contributed by atoms with Crippen LogP contribution >= 0.6 is 0 Å². The highest BCUT2D eigenvalue weighted by Gasteiger charge is 2.27. The molecule has 26 heavy (non-hydrogen) atoms. The Kier molecular flexibility index (Phi) is 5.36. The van der Waals surface area contributed by atoms with Crippen molar-refractivity contribution in [3.05, 3.63) is 59.7 Å². The molecule has 6 nitrogen and oxygen atoms in total. The number of rotatable bonds is 6. The minimum absolute atomic E-state index is 0.107. The Balaban J connectivity index is 1.80. The molecule has 140 valence electrons. The molecule has 0 aromatic heterocycles. The van der Waals surface area contributed by atoms with Gasteiger partial charge >= 0.3 is 0 Å². The molecule has 0 bridgehead atoms. The molecular formula is C18H22N2O4S2. The van der Waals surface area contributed by atoms with Crippen LogP contribution in [-0.2, 0) is 25.8 Å². The summed E-state index contributed by atoms with van der Waals surface area (Å²) < 4.78 is 54.0. The Morgan fingerprint density at radius 3 is 2.35 bits per heavy atom. The van der Waals surface area contributed by atoms with Crippen LogP contribution in [0, 0.1) is 6.92 Å². The van der Waals surface area contributed by atoms with Gasteiger partial charge in [-0.3, -0.25) is 4.72 Å². The van der Waals surface area contributed by atoms with Gasteiger partial charge < -0.3 is 0 Å². The average Bonchev–Trinajstić information content (AvgIpc) is 3.09. The zero-order chi connectivity index (χ0) is 18.8. The molecule has 8 heteroatoms. The zero-order valence-electron chi connectivity index (χ0n) is 14.6. The standard InChI is InChI=1S/C18H22N2O4S2/c1-15-6-4-7-16(12-15)14-25(21,22)19-17-8-5-9-18(13-17)26(23,24)20-10-2-3-11-20/h4-9,12-13,19H,2-3,10-11,14H2,1H3. The largest absolute Gasteiger partial charge is 0.283 e. The topological polar surface area (TPSA) is 83.5 Å². The second kappa shape index (κ2) is 7.38. The molecule has 0 amide bonds. The maximum atomic E-state index is 12.6. The summed E-state index contributed by atoms with van der Waals surface area (Å²) in [4.78, 5) is 0.107. The monoisotopic (exact) mass is 394 g/mol. The molecule has 2 aromatic rings. The normalized spacial score (nSPS) is 15.9. The fraction of sp³-hybridized carbons (Fsp3) is 0.333. The van der Waals surface area contributed by atoms with Crippen LogP contribution in [-0.4, -0.2) is 34.2 Å². The van der Waals surface area contributed by atoms with Crippen molar-refractivity contribution >= 4 is 25.7 Å². The fourth-order valence-corrected chi connectivity index (χ4v) is 5.77. The van der Waals surface area contributed by atoms with E-state index in [1.54, 1.807) is 18.2 Å². The van der Waals surface area contributed by atoms with Crippen LogP contribution < -0.4 is 4.72 Å². The number of aryl methyl sites for hydroxylation is 1. The molecule has 0 atom stereocenters. The van der Waals surface area contributed by atoms with Gasteiger partial charge in [-0.1, -0.05) is 35.9 Å². The zero-order valence-corrected chi connectivity index (χ0v) is 16.2. The van der Waals surface area contributed by atoms with E-state index in [0.29, 0.717) is 18.7 Å². The molecule has 1 fully saturated rings. The predicted octanol–water partition coefficient (Wildman–Crippen LogP) is 2.72. The van der Waals surface area contributed by atoms with Gasteiger partial charge in [0.25, 0.3) is 0 Å². The van der Waals surface area contributed by atoms with Gasteiger partial charge in [0.2, 0.25) is 20.0 Å². The van der Waals surface area contributed by atoms with E-state index in [4.69, 9.17) is 0 Å². The molecule has 0 aliphatic carbocycles. The van der Waals surface area contributed by atoms with E-state index in [1.165, 1.54) is 16.4 Å². The number of nitrogens with zero attached hydrogens (tertiary/aromatic N) is 1. The van der Waals surface area contributed by atoms with E-state index < -0.39 is 20.0 Å². The SMILES string of the molecule is Cc1cccc(CS(=O)(=O)Nc2cccc(S(=O)(=O)N3CCCC3)c2)c1. The number of anilines is 1. The Morgan fingerprint density at radius 1 is 0.962 bits per heavy atom. The number of sulfonamides is 2. The first-order valence-electron chi connectivity index (χ1n) is 8.42. The lowest BCUT2D eigenvalue weighted by atomic mass is 10.2. The molecule has 0 spiro atoms. The minimum Gasteiger partial charge on any atom is -0.283 e. The second-order valence-corrected chi connectivity index (χ2v) is 10.1. The van der Waals surface area contributed by atoms with Crippen molar-refractivity contribution in [2.24, 2.45) is 0 Å². The smallest absolute Gasteiger partial charge is 0.243 e. The Bertz CT molecular complexity index is 995. The van der Waals surface area contributed by atoms with Gasteiger partial charge in [-0.05, 0) is 43.5 Å². The number of hydrogen-bond acceptors (Lipinski definition) is 4. The van der Waals surface area contributed by atoms with Crippen molar-refractivity contribution in [3.8, 4) is 0 Å². The van der Waals surface area contributed by atoms with Crippen LogP contribution in [0.15, 0.2) is 53.4 Å². The van der Waals surface area contributed by atoms with E-state index in [9.17, 15) is 16.8 Å². The molecule has 0 radical (unpaired) electrons. The summed E-state index contributed by atoms with van der Waals surface area (Å²) >= 11 is 0. The molecule has 2 aromatic carbocycles. The fourth-order valence-electron chi connectivity index (χ4n) is 3.03. The predicted molar refractivity (Wildman–Crippen MR) is 102 cm³/mol. The van der Waals surface area contributed by atoms with Crippen LogP contribution in [0.5, 0.6) is 0 Å². The van der Waals surface area contributed by atoms with Gasteiger partial charge in [0.1, 0.15) is 0 Å². The molecule has 1 aliphatic heterocycles. The Labute approximate surface area is 155 Å².